The van der Waals surface area contributed by atoms with Crippen LogP contribution in [0.15, 0.2) is 30.3 Å². The molecule has 2 aromatic carbocycles. The van der Waals surface area contributed by atoms with Crippen molar-refractivity contribution in [1.29, 1.82) is 0 Å². The van der Waals surface area contributed by atoms with Gasteiger partial charge in [-0.1, -0.05) is 17.7 Å². The van der Waals surface area contributed by atoms with Crippen molar-refractivity contribution in [3.63, 3.8) is 0 Å². The first-order valence-electron chi connectivity index (χ1n) is 6.47. The third-order valence-electron chi connectivity index (χ3n) is 3.53. The molecule has 0 fully saturated rings. The van der Waals surface area contributed by atoms with Gasteiger partial charge in [0.2, 0.25) is 0 Å². The van der Waals surface area contributed by atoms with Gasteiger partial charge in [-0.25, -0.2) is 0 Å². The maximum absolute atomic E-state index is 13.2. The van der Waals surface area contributed by atoms with Crippen molar-refractivity contribution in [3.8, 4) is 11.1 Å². The smallest absolute Gasteiger partial charge is 0.166 e. The SMILES string of the molecule is Cc1cc(Cl)c(-c2ccc(C(F)(F)F)cc2C(F)(F)F)cc1C. The zero-order valence-corrected chi connectivity index (χ0v) is 12.8. The van der Waals surface area contributed by atoms with Gasteiger partial charge in [-0.2, -0.15) is 26.3 Å². The van der Waals surface area contributed by atoms with E-state index >= 15 is 0 Å². The van der Waals surface area contributed by atoms with Crippen LogP contribution in [0.5, 0.6) is 0 Å². The van der Waals surface area contributed by atoms with Crippen molar-refractivity contribution in [2.45, 2.75) is 26.2 Å². The molecule has 0 aromatic heterocycles. The van der Waals surface area contributed by atoms with Gasteiger partial charge < -0.3 is 0 Å². The summed E-state index contributed by atoms with van der Waals surface area (Å²) >= 11 is 6.00. The molecule has 0 atom stereocenters. The van der Waals surface area contributed by atoms with Crippen LogP contribution in [0.4, 0.5) is 26.3 Å². The average Bonchev–Trinajstić information content (AvgIpc) is 2.40. The van der Waals surface area contributed by atoms with E-state index in [2.05, 4.69) is 0 Å². The summed E-state index contributed by atoms with van der Waals surface area (Å²) in [5, 5.41) is 0.0540. The maximum atomic E-state index is 13.2. The molecule has 0 radical (unpaired) electrons. The van der Waals surface area contributed by atoms with E-state index in [1.54, 1.807) is 13.8 Å². The van der Waals surface area contributed by atoms with Crippen LogP contribution < -0.4 is 0 Å². The zero-order valence-electron chi connectivity index (χ0n) is 12.0. The van der Waals surface area contributed by atoms with Gasteiger partial charge in [-0.15, -0.1) is 0 Å². The summed E-state index contributed by atoms with van der Waals surface area (Å²) in [6.45, 7) is 3.43. The highest BCUT2D eigenvalue weighted by Crippen LogP contribution is 2.43. The molecule has 0 amide bonds. The van der Waals surface area contributed by atoms with Gasteiger partial charge in [-0.3, -0.25) is 0 Å². The van der Waals surface area contributed by atoms with Crippen LogP contribution >= 0.6 is 11.6 Å². The first-order chi connectivity index (χ1) is 10.4. The molecule has 7 heteroatoms. The van der Waals surface area contributed by atoms with E-state index < -0.39 is 23.5 Å². The molecular weight excluding hydrogens is 342 g/mol. The minimum Gasteiger partial charge on any atom is -0.166 e. The summed E-state index contributed by atoms with van der Waals surface area (Å²) in [5.74, 6) is 0. The summed E-state index contributed by atoms with van der Waals surface area (Å²) in [7, 11) is 0. The van der Waals surface area contributed by atoms with Crippen LogP contribution in [-0.4, -0.2) is 0 Å². The van der Waals surface area contributed by atoms with E-state index in [1.807, 2.05) is 0 Å². The normalized spacial score (nSPS) is 12.6. The predicted octanol–water partition coefficient (Wildman–Crippen LogP) is 6.66. The van der Waals surface area contributed by atoms with E-state index in [0.717, 1.165) is 11.6 Å². The van der Waals surface area contributed by atoms with Crippen molar-refractivity contribution in [1.82, 2.24) is 0 Å². The Balaban J connectivity index is 2.75. The molecule has 0 saturated carbocycles. The lowest BCUT2D eigenvalue weighted by Crippen LogP contribution is -2.12. The molecule has 0 spiro atoms. The van der Waals surface area contributed by atoms with E-state index in [0.29, 0.717) is 11.6 Å². The van der Waals surface area contributed by atoms with Gasteiger partial charge in [0.15, 0.2) is 0 Å². The second kappa shape index (κ2) is 5.74. The molecule has 0 nitrogen and oxygen atoms in total. The lowest BCUT2D eigenvalue weighted by atomic mass is 9.94. The fraction of sp³-hybridized carbons (Fsp3) is 0.250. The molecule has 0 bridgehead atoms. The molecule has 0 unspecified atom stereocenters. The van der Waals surface area contributed by atoms with Crippen molar-refractivity contribution >= 4 is 11.6 Å². The molecule has 0 aliphatic rings. The monoisotopic (exact) mass is 352 g/mol. The third-order valence-corrected chi connectivity index (χ3v) is 3.84. The van der Waals surface area contributed by atoms with Crippen LogP contribution in [0.1, 0.15) is 22.3 Å². The Kier molecular flexibility index (Phi) is 4.41. The number of rotatable bonds is 1. The number of aryl methyl sites for hydroxylation is 2. The fourth-order valence-corrected chi connectivity index (χ4v) is 2.50. The number of alkyl halides is 6. The third kappa shape index (κ3) is 3.63. The van der Waals surface area contributed by atoms with E-state index in [1.165, 1.54) is 12.1 Å². The molecule has 0 saturated heterocycles. The average molecular weight is 353 g/mol. The Morgan fingerprint density at radius 1 is 0.739 bits per heavy atom. The summed E-state index contributed by atoms with van der Waals surface area (Å²) in [5.41, 5.74) is -1.57. The standard InChI is InChI=1S/C16H11ClF6/c1-8-5-12(14(17)6-9(8)2)11-4-3-10(15(18,19)20)7-13(11)16(21,22)23/h3-7H,1-2H3. The van der Waals surface area contributed by atoms with Crippen molar-refractivity contribution in [2.24, 2.45) is 0 Å². The van der Waals surface area contributed by atoms with Crippen molar-refractivity contribution in [2.75, 3.05) is 0 Å². The minimum absolute atomic E-state index is 0.0517. The van der Waals surface area contributed by atoms with Gasteiger partial charge >= 0.3 is 12.4 Å². The van der Waals surface area contributed by atoms with Crippen molar-refractivity contribution in [3.05, 3.63) is 57.6 Å². The summed E-state index contributed by atoms with van der Waals surface area (Å²) in [4.78, 5) is 0. The lowest BCUT2D eigenvalue weighted by molar-refractivity contribution is -0.142. The van der Waals surface area contributed by atoms with Gasteiger partial charge in [0, 0.05) is 10.6 Å². The molecule has 124 valence electrons. The highest BCUT2D eigenvalue weighted by atomic mass is 35.5. The highest BCUT2D eigenvalue weighted by Gasteiger charge is 2.38. The minimum atomic E-state index is -4.93. The molecule has 2 rings (SSSR count). The number of benzene rings is 2. The Labute approximate surface area is 133 Å². The topological polar surface area (TPSA) is 0 Å². The Bertz CT molecular complexity index is 743. The van der Waals surface area contributed by atoms with Crippen LogP contribution in [0, 0.1) is 13.8 Å². The first kappa shape index (κ1) is 17.7. The van der Waals surface area contributed by atoms with E-state index in [9.17, 15) is 26.3 Å². The Morgan fingerprint density at radius 2 is 1.30 bits per heavy atom. The second-order valence-electron chi connectivity index (χ2n) is 5.17. The van der Waals surface area contributed by atoms with Gasteiger partial charge in [0.25, 0.3) is 0 Å². The fourth-order valence-electron chi connectivity index (χ4n) is 2.18. The first-order valence-corrected chi connectivity index (χ1v) is 6.84. The molecular formula is C16H11ClF6. The highest BCUT2D eigenvalue weighted by molar-refractivity contribution is 6.33. The summed E-state index contributed by atoms with van der Waals surface area (Å²) in [6.07, 6.45) is -9.79. The Hall–Kier alpha value is -1.69. The van der Waals surface area contributed by atoms with Gasteiger partial charge in [-0.05, 0) is 54.8 Å². The molecule has 0 aliphatic carbocycles. The molecule has 0 heterocycles. The van der Waals surface area contributed by atoms with Gasteiger partial charge in [0.1, 0.15) is 0 Å². The summed E-state index contributed by atoms with van der Waals surface area (Å²) < 4.78 is 77.7. The van der Waals surface area contributed by atoms with E-state index in [4.69, 9.17) is 11.6 Å². The number of hydrogen-bond donors (Lipinski definition) is 0. The van der Waals surface area contributed by atoms with E-state index in [-0.39, 0.29) is 22.2 Å². The molecule has 23 heavy (non-hydrogen) atoms. The van der Waals surface area contributed by atoms with Crippen LogP contribution in [-0.2, 0) is 12.4 Å². The number of halogens is 7. The molecule has 0 aliphatic heterocycles. The zero-order chi connectivity index (χ0) is 17.6. The number of hydrogen-bond acceptors (Lipinski definition) is 0. The van der Waals surface area contributed by atoms with Crippen LogP contribution in [0.2, 0.25) is 5.02 Å². The van der Waals surface area contributed by atoms with Crippen molar-refractivity contribution < 1.29 is 26.3 Å². The predicted molar refractivity (Wildman–Crippen MR) is 76.4 cm³/mol. The Morgan fingerprint density at radius 3 is 1.83 bits per heavy atom. The summed E-state index contributed by atoms with van der Waals surface area (Å²) in [6, 6.07) is 4.47. The van der Waals surface area contributed by atoms with Gasteiger partial charge in [0.05, 0.1) is 11.1 Å². The van der Waals surface area contributed by atoms with Crippen LogP contribution in [0.25, 0.3) is 11.1 Å². The quantitative estimate of drug-likeness (QED) is 0.503. The lowest BCUT2D eigenvalue weighted by Gasteiger charge is -2.17. The maximum Gasteiger partial charge on any atom is 0.417 e. The molecule has 2 aromatic rings. The second-order valence-corrected chi connectivity index (χ2v) is 5.58. The van der Waals surface area contributed by atoms with Crippen LogP contribution in [0.3, 0.4) is 0 Å². The molecule has 0 N–H and O–H groups in total. The largest absolute Gasteiger partial charge is 0.417 e.